The number of fused-ring (bicyclic) bond motifs is 1. The summed E-state index contributed by atoms with van der Waals surface area (Å²) in [4.78, 5) is 8.58. The third-order valence-corrected chi connectivity index (χ3v) is 4.47. The topological polar surface area (TPSA) is 78.5 Å². The van der Waals surface area contributed by atoms with E-state index in [4.69, 9.17) is 11.6 Å². The largest absolute Gasteiger partial charge is 0.367 e. The van der Waals surface area contributed by atoms with Crippen LogP contribution in [0.15, 0.2) is 30.7 Å². The van der Waals surface area contributed by atoms with E-state index in [2.05, 4.69) is 30.8 Å². The molecule has 0 unspecified atom stereocenters. The number of piperidine rings is 1. The second-order valence-electron chi connectivity index (χ2n) is 5.71. The van der Waals surface area contributed by atoms with Crippen molar-refractivity contribution >= 4 is 28.3 Å². The first-order chi connectivity index (χ1) is 11.3. The summed E-state index contributed by atoms with van der Waals surface area (Å²) in [5.41, 5.74) is 2.60. The maximum absolute atomic E-state index is 6.36. The Morgan fingerprint density at radius 3 is 2.96 bits per heavy atom. The third-order valence-electron chi connectivity index (χ3n) is 4.17. The number of nitrogens with zero attached hydrogens (tertiary/aromatic N) is 3. The maximum atomic E-state index is 6.36. The highest BCUT2D eigenvalue weighted by Crippen LogP contribution is 2.32. The highest BCUT2D eigenvalue weighted by molar-refractivity contribution is 6.33. The number of hydrogen-bond donors (Lipinski definition) is 3. The minimum atomic E-state index is 0.440. The number of H-pyrrole nitrogens is 1. The van der Waals surface area contributed by atoms with E-state index in [1.165, 1.54) is 0 Å². The van der Waals surface area contributed by atoms with E-state index in [1.54, 1.807) is 18.6 Å². The highest BCUT2D eigenvalue weighted by Gasteiger charge is 2.16. The molecule has 118 valence electrons. The number of halogens is 1. The van der Waals surface area contributed by atoms with Crippen LogP contribution >= 0.6 is 11.6 Å². The van der Waals surface area contributed by atoms with Crippen LogP contribution in [0.5, 0.6) is 0 Å². The van der Waals surface area contributed by atoms with Gasteiger partial charge in [0, 0.05) is 35.6 Å². The van der Waals surface area contributed by atoms with Gasteiger partial charge in [-0.25, -0.2) is 4.98 Å². The van der Waals surface area contributed by atoms with E-state index in [-0.39, 0.29) is 0 Å². The molecule has 3 aromatic rings. The molecule has 0 spiro atoms. The van der Waals surface area contributed by atoms with Crippen LogP contribution < -0.4 is 10.6 Å². The first-order valence-corrected chi connectivity index (χ1v) is 8.10. The number of aromatic amines is 1. The zero-order chi connectivity index (χ0) is 15.6. The Bertz CT molecular complexity index is 824. The summed E-state index contributed by atoms with van der Waals surface area (Å²) in [7, 11) is 0. The van der Waals surface area contributed by atoms with Gasteiger partial charge in [0.25, 0.3) is 0 Å². The normalized spacial score (nSPS) is 15.9. The molecule has 0 aromatic carbocycles. The smallest absolute Gasteiger partial charge is 0.126 e. The lowest BCUT2D eigenvalue weighted by atomic mass is 10.1. The van der Waals surface area contributed by atoms with Gasteiger partial charge in [0.15, 0.2) is 0 Å². The van der Waals surface area contributed by atoms with Crippen molar-refractivity contribution in [3.05, 3.63) is 35.7 Å². The Balaban J connectivity index is 1.69. The third kappa shape index (κ3) is 2.87. The quantitative estimate of drug-likeness (QED) is 0.689. The van der Waals surface area contributed by atoms with Crippen LogP contribution in [-0.4, -0.2) is 39.3 Å². The molecular weight excluding hydrogens is 312 g/mol. The molecule has 6 nitrogen and oxygen atoms in total. The standard InChI is InChI=1S/C16H17ClN6/c17-13-9-20-15(21-10-1-4-18-5-2-10)7-11(13)16-12-8-19-6-3-14(12)22-23-16/h3,6-10,18H,1-2,4-5H2,(H,20,21)(H,22,23). The molecule has 4 heterocycles. The van der Waals surface area contributed by atoms with Gasteiger partial charge in [0.05, 0.1) is 10.5 Å². The lowest BCUT2D eigenvalue weighted by Crippen LogP contribution is -2.35. The molecule has 0 amide bonds. The van der Waals surface area contributed by atoms with Gasteiger partial charge < -0.3 is 10.6 Å². The number of hydrogen-bond acceptors (Lipinski definition) is 5. The van der Waals surface area contributed by atoms with Crippen LogP contribution in [0.1, 0.15) is 12.8 Å². The molecule has 3 aromatic heterocycles. The van der Waals surface area contributed by atoms with Gasteiger partial charge in [-0.2, -0.15) is 5.10 Å². The molecule has 23 heavy (non-hydrogen) atoms. The fourth-order valence-corrected chi connectivity index (χ4v) is 3.13. The Morgan fingerprint density at radius 1 is 1.22 bits per heavy atom. The summed E-state index contributed by atoms with van der Waals surface area (Å²) < 4.78 is 0. The molecule has 7 heteroatoms. The van der Waals surface area contributed by atoms with Crippen LogP contribution in [0.2, 0.25) is 5.02 Å². The lowest BCUT2D eigenvalue weighted by molar-refractivity contribution is 0.478. The summed E-state index contributed by atoms with van der Waals surface area (Å²) in [6.45, 7) is 2.07. The van der Waals surface area contributed by atoms with Crippen LogP contribution in [-0.2, 0) is 0 Å². The van der Waals surface area contributed by atoms with Crippen molar-refractivity contribution in [3.63, 3.8) is 0 Å². The van der Waals surface area contributed by atoms with Crippen molar-refractivity contribution in [2.75, 3.05) is 18.4 Å². The second-order valence-corrected chi connectivity index (χ2v) is 6.12. The van der Waals surface area contributed by atoms with Crippen LogP contribution in [0.3, 0.4) is 0 Å². The van der Waals surface area contributed by atoms with Gasteiger partial charge in [-0.3, -0.25) is 10.1 Å². The molecule has 1 aliphatic rings. The van der Waals surface area contributed by atoms with Gasteiger partial charge in [0.2, 0.25) is 0 Å². The molecule has 1 fully saturated rings. The minimum Gasteiger partial charge on any atom is -0.367 e. The molecule has 3 N–H and O–H groups in total. The van der Waals surface area contributed by atoms with Gasteiger partial charge in [0.1, 0.15) is 11.5 Å². The van der Waals surface area contributed by atoms with E-state index in [9.17, 15) is 0 Å². The van der Waals surface area contributed by atoms with Gasteiger partial charge in [-0.15, -0.1) is 0 Å². The van der Waals surface area contributed by atoms with Crippen molar-refractivity contribution in [2.45, 2.75) is 18.9 Å². The summed E-state index contributed by atoms with van der Waals surface area (Å²) in [5, 5.41) is 15.8. The molecule has 1 saturated heterocycles. The SMILES string of the molecule is Clc1cnc(NC2CCNCC2)cc1-c1n[nH]c2ccncc12. The maximum Gasteiger partial charge on any atom is 0.126 e. The lowest BCUT2D eigenvalue weighted by Gasteiger charge is -2.24. The highest BCUT2D eigenvalue weighted by atomic mass is 35.5. The Labute approximate surface area is 138 Å². The molecule has 4 rings (SSSR count). The van der Waals surface area contributed by atoms with E-state index < -0.39 is 0 Å². The van der Waals surface area contributed by atoms with Crippen molar-refractivity contribution < 1.29 is 0 Å². The summed E-state index contributed by atoms with van der Waals surface area (Å²) >= 11 is 6.36. The average molecular weight is 329 g/mol. The predicted octanol–water partition coefficient (Wildman–Crippen LogP) is 2.84. The Hall–Kier alpha value is -2.18. The zero-order valence-corrected chi connectivity index (χ0v) is 13.3. The number of rotatable bonds is 3. The van der Waals surface area contributed by atoms with E-state index >= 15 is 0 Å². The molecule has 0 atom stereocenters. The van der Waals surface area contributed by atoms with E-state index in [0.717, 1.165) is 53.9 Å². The Morgan fingerprint density at radius 2 is 2.09 bits per heavy atom. The van der Waals surface area contributed by atoms with Gasteiger partial charge >= 0.3 is 0 Å². The van der Waals surface area contributed by atoms with Crippen LogP contribution in [0.25, 0.3) is 22.2 Å². The van der Waals surface area contributed by atoms with Gasteiger partial charge in [-0.05, 0) is 38.1 Å². The number of anilines is 1. The molecule has 1 aliphatic heterocycles. The molecule has 0 aliphatic carbocycles. The molecule has 0 saturated carbocycles. The van der Waals surface area contributed by atoms with E-state index in [0.29, 0.717) is 11.1 Å². The molecule has 0 bridgehead atoms. The first-order valence-electron chi connectivity index (χ1n) is 7.72. The van der Waals surface area contributed by atoms with Crippen LogP contribution in [0, 0.1) is 0 Å². The number of pyridine rings is 2. The summed E-state index contributed by atoms with van der Waals surface area (Å²) in [6.07, 6.45) is 7.40. The van der Waals surface area contributed by atoms with E-state index in [1.807, 2.05) is 12.1 Å². The van der Waals surface area contributed by atoms with Gasteiger partial charge in [-0.1, -0.05) is 11.6 Å². The fraction of sp³-hybridized carbons (Fsp3) is 0.312. The molecular formula is C16H17ClN6. The summed E-state index contributed by atoms with van der Waals surface area (Å²) in [5.74, 6) is 0.830. The van der Waals surface area contributed by atoms with Crippen molar-refractivity contribution in [3.8, 4) is 11.3 Å². The number of nitrogens with one attached hydrogen (secondary N) is 3. The zero-order valence-electron chi connectivity index (χ0n) is 12.5. The molecule has 0 radical (unpaired) electrons. The van der Waals surface area contributed by atoms with Crippen molar-refractivity contribution in [1.29, 1.82) is 0 Å². The monoisotopic (exact) mass is 328 g/mol. The van der Waals surface area contributed by atoms with Crippen molar-refractivity contribution in [2.24, 2.45) is 0 Å². The fourth-order valence-electron chi connectivity index (χ4n) is 2.94. The number of aromatic nitrogens is 4. The Kier molecular flexibility index (Phi) is 3.85. The second kappa shape index (κ2) is 6.14. The minimum absolute atomic E-state index is 0.440. The van der Waals surface area contributed by atoms with Crippen LogP contribution in [0.4, 0.5) is 5.82 Å². The predicted molar refractivity (Wildman–Crippen MR) is 91.6 cm³/mol. The van der Waals surface area contributed by atoms with Crippen molar-refractivity contribution in [1.82, 2.24) is 25.5 Å². The first kappa shape index (κ1) is 14.4. The average Bonchev–Trinajstić information content (AvgIpc) is 3.01. The summed E-state index contributed by atoms with van der Waals surface area (Å²) in [6, 6.07) is 4.30.